The number of carboxylic acid groups (broad SMARTS) is 1. The van der Waals surface area contributed by atoms with Crippen molar-refractivity contribution in [1.82, 2.24) is 0 Å². The predicted octanol–water partition coefficient (Wildman–Crippen LogP) is 3.00. The highest BCUT2D eigenvalue weighted by molar-refractivity contribution is 5.94. The van der Waals surface area contributed by atoms with Gasteiger partial charge < -0.3 is 10.4 Å². The molecule has 0 atom stereocenters. The molecule has 0 spiro atoms. The molecule has 0 aliphatic rings. The average molecular weight is 245 g/mol. The van der Waals surface area contributed by atoms with E-state index in [9.17, 15) is 18.0 Å². The molecular weight excluding hydrogens is 235 g/mol. The van der Waals surface area contributed by atoms with Gasteiger partial charge in [-0.15, -0.1) is 6.58 Å². The standard InChI is InChI=1S/C11H10F3NO2/c1-2-5-15-9-4-3-7(11(12,13)14)6-8(9)10(16)17/h2-4,6,15H,1,5H2,(H,16,17). The van der Waals surface area contributed by atoms with E-state index in [2.05, 4.69) is 11.9 Å². The molecule has 0 saturated carbocycles. The Morgan fingerprint density at radius 1 is 1.47 bits per heavy atom. The van der Waals surface area contributed by atoms with Gasteiger partial charge in [-0.1, -0.05) is 6.08 Å². The van der Waals surface area contributed by atoms with Gasteiger partial charge in [-0.05, 0) is 18.2 Å². The fraction of sp³-hybridized carbons (Fsp3) is 0.182. The Morgan fingerprint density at radius 3 is 2.59 bits per heavy atom. The van der Waals surface area contributed by atoms with Crippen molar-refractivity contribution in [3.63, 3.8) is 0 Å². The Balaban J connectivity index is 3.17. The van der Waals surface area contributed by atoms with Crippen LogP contribution in [0.15, 0.2) is 30.9 Å². The number of benzene rings is 1. The lowest BCUT2D eigenvalue weighted by molar-refractivity contribution is -0.137. The molecule has 0 saturated heterocycles. The second kappa shape index (κ2) is 4.90. The van der Waals surface area contributed by atoms with Crippen LogP contribution in [0.25, 0.3) is 0 Å². The molecule has 1 aromatic carbocycles. The van der Waals surface area contributed by atoms with Gasteiger partial charge in [0.15, 0.2) is 0 Å². The van der Waals surface area contributed by atoms with Crippen LogP contribution >= 0.6 is 0 Å². The van der Waals surface area contributed by atoms with Crippen LogP contribution in [0.2, 0.25) is 0 Å². The van der Waals surface area contributed by atoms with Crippen molar-refractivity contribution in [2.45, 2.75) is 6.18 Å². The highest BCUT2D eigenvalue weighted by atomic mass is 19.4. The molecule has 2 N–H and O–H groups in total. The van der Waals surface area contributed by atoms with Crippen molar-refractivity contribution in [2.24, 2.45) is 0 Å². The molecule has 0 fully saturated rings. The SMILES string of the molecule is C=CCNc1ccc(C(F)(F)F)cc1C(=O)O. The highest BCUT2D eigenvalue weighted by Crippen LogP contribution is 2.31. The van der Waals surface area contributed by atoms with E-state index in [1.807, 2.05) is 0 Å². The molecule has 17 heavy (non-hydrogen) atoms. The summed E-state index contributed by atoms with van der Waals surface area (Å²) in [6.07, 6.45) is -3.08. The second-order valence-corrected chi connectivity index (χ2v) is 3.23. The van der Waals surface area contributed by atoms with E-state index in [0.29, 0.717) is 6.07 Å². The van der Waals surface area contributed by atoms with Gasteiger partial charge in [0.05, 0.1) is 11.1 Å². The first-order valence-corrected chi connectivity index (χ1v) is 4.65. The van der Waals surface area contributed by atoms with E-state index in [4.69, 9.17) is 5.11 Å². The van der Waals surface area contributed by atoms with Gasteiger partial charge in [0.1, 0.15) is 0 Å². The number of hydrogen-bond acceptors (Lipinski definition) is 2. The Kier molecular flexibility index (Phi) is 3.77. The third-order valence-electron chi connectivity index (χ3n) is 2.01. The van der Waals surface area contributed by atoms with Crippen molar-refractivity contribution in [3.8, 4) is 0 Å². The Morgan fingerprint density at radius 2 is 2.12 bits per heavy atom. The first-order chi connectivity index (χ1) is 7.86. The summed E-state index contributed by atoms with van der Waals surface area (Å²) < 4.78 is 37.2. The third kappa shape index (κ3) is 3.24. The average Bonchev–Trinajstić information content (AvgIpc) is 2.24. The van der Waals surface area contributed by atoms with Crippen LogP contribution in [0.5, 0.6) is 0 Å². The van der Waals surface area contributed by atoms with E-state index in [-0.39, 0.29) is 12.2 Å². The number of carboxylic acids is 1. The molecule has 0 bridgehead atoms. The number of alkyl halides is 3. The van der Waals surface area contributed by atoms with Crippen LogP contribution < -0.4 is 5.32 Å². The maximum atomic E-state index is 12.4. The lowest BCUT2D eigenvalue weighted by Crippen LogP contribution is -2.11. The molecule has 0 aliphatic heterocycles. The molecule has 0 heterocycles. The lowest BCUT2D eigenvalue weighted by atomic mass is 10.1. The topological polar surface area (TPSA) is 49.3 Å². The maximum Gasteiger partial charge on any atom is 0.416 e. The van der Waals surface area contributed by atoms with Gasteiger partial charge in [-0.25, -0.2) is 4.79 Å². The number of rotatable bonds is 4. The van der Waals surface area contributed by atoms with Crippen molar-refractivity contribution in [1.29, 1.82) is 0 Å². The number of carbonyl (C=O) groups is 1. The molecule has 1 rings (SSSR count). The van der Waals surface area contributed by atoms with Gasteiger partial charge in [-0.2, -0.15) is 13.2 Å². The minimum absolute atomic E-state index is 0.130. The summed E-state index contributed by atoms with van der Waals surface area (Å²) in [5.41, 5.74) is -1.27. The first-order valence-electron chi connectivity index (χ1n) is 4.65. The van der Waals surface area contributed by atoms with E-state index in [1.54, 1.807) is 0 Å². The molecule has 1 aromatic rings. The smallest absolute Gasteiger partial charge is 0.416 e. The van der Waals surface area contributed by atoms with Crippen LogP contribution in [-0.2, 0) is 6.18 Å². The zero-order valence-electron chi connectivity index (χ0n) is 8.71. The van der Waals surface area contributed by atoms with Crippen molar-refractivity contribution < 1.29 is 23.1 Å². The number of hydrogen-bond donors (Lipinski definition) is 2. The Bertz CT molecular complexity index is 441. The predicted molar refractivity (Wildman–Crippen MR) is 57.1 cm³/mol. The minimum atomic E-state index is -4.55. The van der Waals surface area contributed by atoms with Crippen LogP contribution in [0.4, 0.5) is 18.9 Å². The molecule has 0 unspecified atom stereocenters. The monoisotopic (exact) mass is 245 g/mol. The minimum Gasteiger partial charge on any atom is -0.478 e. The highest BCUT2D eigenvalue weighted by Gasteiger charge is 2.31. The molecule has 0 radical (unpaired) electrons. The fourth-order valence-electron chi connectivity index (χ4n) is 1.23. The fourth-order valence-corrected chi connectivity index (χ4v) is 1.23. The lowest BCUT2D eigenvalue weighted by Gasteiger charge is -2.11. The first kappa shape index (κ1) is 13.1. The number of nitrogens with one attached hydrogen (secondary N) is 1. The van der Waals surface area contributed by atoms with E-state index in [0.717, 1.165) is 12.1 Å². The Hall–Kier alpha value is -1.98. The zero-order valence-corrected chi connectivity index (χ0v) is 8.71. The molecule has 0 aliphatic carbocycles. The quantitative estimate of drug-likeness (QED) is 0.801. The summed E-state index contributed by atoms with van der Waals surface area (Å²) in [5, 5.41) is 11.5. The van der Waals surface area contributed by atoms with Gasteiger partial charge in [-0.3, -0.25) is 0 Å². The summed E-state index contributed by atoms with van der Waals surface area (Å²) in [6, 6.07) is 2.53. The van der Waals surface area contributed by atoms with E-state index in [1.165, 1.54) is 6.08 Å². The number of anilines is 1. The molecule has 6 heteroatoms. The van der Waals surface area contributed by atoms with Crippen molar-refractivity contribution in [3.05, 3.63) is 42.0 Å². The molecule has 92 valence electrons. The summed E-state index contributed by atoms with van der Waals surface area (Å²) in [7, 11) is 0. The number of halogens is 3. The second-order valence-electron chi connectivity index (χ2n) is 3.23. The van der Waals surface area contributed by atoms with Gasteiger partial charge in [0, 0.05) is 12.2 Å². The van der Waals surface area contributed by atoms with E-state index >= 15 is 0 Å². The molecule has 3 nitrogen and oxygen atoms in total. The molecular formula is C11H10F3NO2. The summed E-state index contributed by atoms with van der Waals surface area (Å²) >= 11 is 0. The summed E-state index contributed by atoms with van der Waals surface area (Å²) in [6.45, 7) is 3.69. The van der Waals surface area contributed by atoms with Crippen LogP contribution in [0.3, 0.4) is 0 Å². The van der Waals surface area contributed by atoms with Crippen LogP contribution in [0.1, 0.15) is 15.9 Å². The molecule has 0 amide bonds. The number of aromatic carboxylic acids is 1. The van der Waals surface area contributed by atoms with Crippen LogP contribution in [-0.4, -0.2) is 17.6 Å². The Labute approximate surface area is 95.6 Å². The van der Waals surface area contributed by atoms with E-state index < -0.39 is 23.3 Å². The maximum absolute atomic E-state index is 12.4. The van der Waals surface area contributed by atoms with Crippen LogP contribution in [0, 0.1) is 0 Å². The van der Waals surface area contributed by atoms with Gasteiger partial charge >= 0.3 is 12.1 Å². The third-order valence-corrected chi connectivity index (χ3v) is 2.01. The zero-order chi connectivity index (χ0) is 13.1. The summed E-state index contributed by atoms with van der Waals surface area (Å²) in [5.74, 6) is -1.41. The molecule has 0 aromatic heterocycles. The summed E-state index contributed by atoms with van der Waals surface area (Å²) in [4.78, 5) is 10.8. The van der Waals surface area contributed by atoms with Gasteiger partial charge in [0.25, 0.3) is 0 Å². The van der Waals surface area contributed by atoms with Gasteiger partial charge in [0.2, 0.25) is 0 Å². The largest absolute Gasteiger partial charge is 0.478 e. The van der Waals surface area contributed by atoms with Crippen molar-refractivity contribution >= 4 is 11.7 Å². The van der Waals surface area contributed by atoms with Crippen molar-refractivity contribution in [2.75, 3.05) is 11.9 Å². The normalized spacial score (nSPS) is 11.0.